The number of rotatable bonds is 7. The Morgan fingerprint density at radius 2 is 1.90 bits per heavy atom. The van der Waals surface area contributed by atoms with Gasteiger partial charge in [0, 0.05) is 13.1 Å². The average Bonchev–Trinajstić information content (AvgIpc) is 3.27. The number of fused-ring (bicyclic) bond motifs is 1. The first-order valence-electron chi connectivity index (χ1n) is 8.69. The van der Waals surface area contributed by atoms with Gasteiger partial charge in [-0.3, -0.25) is 4.79 Å². The Labute approximate surface area is 176 Å². The van der Waals surface area contributed by atoms with Gasteiger partial charge in [-0.15, -0.1) is 11.3 Å². The number of carbonyl (C=O) groups excluding carboxylic acids is 2. The lowest BCUT2D eigenvalue weighted by Crippen LogP contribution is -2.30. The van der Waals surface area contributed by atoms with Gasteiger partial charge < -0.3 is 9.64 Å². The maximum absolute atomic E-state index is 12.6. The summed E-state index contributed by atoms with van der Waals surface area (Å²) >= 11 is 2.59. The molecule has 2 heterocycles. The first kappa shape index (κ1) is 21.2. The molecule has 0 aliphatic heterocycles. The van der Waals surface area contributed by atoms with Crippen LogP contribution in [0, 0.1) is 0 Å². The topological polar surface area (TPSA) is 106 Å². The summed E-state index contributed by atoms with van der Waals surface area (Å²) in [6.07, 6.45) is 0. The van der Waals surface area contributed by atoms with Crippen molar-refractivity contribution in [1.82, 2.24) is 9.71 Å². The molecule has 3 rings (SSSR count). The number of carbonyl (C=O) groups is 2. The van der Waals surface area contributed by atoms with Crippen LogP contribution in [0.5, 0.6) is 0 Å². The van der Waals surface area contributed by atoms with Gasteiger partial charge in [-0.1, -0.05) is 17.4 Å². The Balaban J connectivity index is 1.82. The number of ether oxygens (including phenoxy) is 1. The van der Waals surface area contributed by atoms with Gasteiger partial charge in [0.15, 0.2) is 5.13 Å². The maximum Gasteiger partial charge on any atom is 0.337 e. The third-order valence-corrected chi connectivity index (χ3v) is 7.68. The van der Waals surface area contributed by atoms with Crippen molar-refractivity contribution in [3.05, 3.63) is 40.8 Å². The zero-order valence-electron chi connectivity index (χ0n) is 16.0. The highest BCUT2D eigenvalue weighted by molar-refractivity contribution is 7.90. The minimum atomic E-state index is -4.15. The van der Waals surface area contributed by atoms with Gasteiger partial charge in [-0.25, -0.2) is 22.9 Å². The molecule has 0 unspecified atom stereocenters. The van der Waals surface area contributed by atoms with E-state index in [2.05, 4.69) is 14.6 Å². The van der Waals surface area contributed by atoms with E-state index in [1.165, 1.54) is 36.6 Å². The summed E-state index contributed by atoms with van der Waals surface area (Å²) in [7, 11) is -2.95. The molecule has 0 saturated carbocycles. The molecule has 0 spiro atoms. The van der Waals surface area contributed by atoms with Crippen LogP contribution in [0.2, 0.25) is 0 Å². The average molecular weight is 454 g/mol. The van der Waals surface area contributed by atoms with Crippen LogP contribution in [-0.2, 0) is 14.8 Å². The number of hydrogen-bond donors (Lipinski definition) is 1. The smallest absolute Gasteiger partial charge is 0.337 e. The number of benzene rings is 1. The fourth-order valence-corrected chi connectivity index (χ4v) is 5.91. The lowest BCUT2D eigenvalue weighted by Gasteiger charge is -2.16. The fourth-order valence-electron chi connectivity index (χ4n) is 2.60. The van der Waals surface area contributed by atoms with Crippen LogP contribution in [0.1, 0.15) is 33.9 Å². The summed E-state index contributed by atoms with van der Waals surface area (Å²) in [4.78, 5) is 31.5. The molecule has 0 atom stereocenters. The van der Waals surface area contributed by atoms with E-state index in [1.807, 2.05) is 18.6 Å². The predicted octanol–water partition coefficient (Wildman–Crippen LogP) is 3.11. The summed E-state index contributed by atoms with van der Waals surface area (Å²) in [6, 6.07) is 6.93. The second-order valence-electron chi connectivity index (χ2n) is 5.90. The summed E-state index contributed by atoms with van der Waals surface area (Å²) in [6.45, 7) is 5.73. The number of esters is 1. The minimum Gasteiger partial charge on any atom is -0.465 e. The van der Waals surface area contributed by atoms with Crippen LogP contribution in [-0.4, -0.2) is 45.5 Å². The van der Waals surface area contributed by atoms with Gasteiger partial charge in [-0.2, -0.15) is 0 Å². The molecule has 0 saturated heterocycles. The van der Waals surface area contributed by atoms with Crippen LogP contribution < -0.4 is 9.62 Å². The molecule has 1 aromatic carbocycles. The molecule has 0 aliphatic carbocycles. The first-order chi connectivity index (χ1) is 13.8. The van der Waals surface area contributed by atoms with Crippen molar-refractivity contribution in [1.29, 1.82) is 0 Å². The Bertz CT molecular complexity index is 1130. The zero-order valence-corrected chi connectivity index (χ0v) is 18.4. The number of thiophene rings is 1. The zero-order chi connectivity index (χ0) is 21.2. The monoisotopic (exact) mass is 453 g/mol. The molecular formula is C18H19N3O5S3. The summed E-state index contributed by atoms with van der Waals surface area (Å²) < 4.78 is 32.6. The highest BCUT2D eigenvalue weighted by atomic mass is 32.2. The number of hydrogen-bond acceptors (Lipinski definition) is 9. The molecule has 1 N–H and O–H groups in total. The number of anilines is 1. The van der Waals surface area contributed by atoms with Crippen molar-refractivity contribution in [2.45, 2.75) is 18.7 Å². The van der Waals surface area contributed by atoms with Gasteiger partial charge in [0.25, 0.3) is 15.9 Å². The standard InChI is InChI=1S/C18H19N3O5S3/c1-4-21(5-2)18-19-16-14(28-18)10-13(27-16)15(22)20-29(24,25)12-8-6-7-11(9-12)17(23)26-3/h6-10H,4-5H2,1-3H3,(H,20,22). The quantitative estimate of drug-likeness (QED) is 0.548. The predicted molar refractivity (Wildman–Crippen MR) is 113 cm³/mol. The molecule has 2 aromatic heterocycles. The van der Waals surface area contributed by atoms with E-state index in [4.69, 9.17) is 0 Å². The minimum absolute atomic E-state index is 0.0765. The van der Waals surface area contributed by atoms with Crippen molar-refractivity contribution in [2.75, 3.05) is 25.1 Å². The molecule has 1 amide bonds. The Morgan fingerprint density at radius 3 is 2.52 bits per heavy atom. The molecule has 154 valence electrons. The van der Waals surface area contributed by atoms with E-state index in [1.54, 1.807) is 6.07 Å². The van der Waals surface area contributed by atoms with Crippen LogP contribution in [0.3, 0.4) is 0 Å². The van der Waals surface area contributed by atoms with Gasteiger partial charge in [-0.05, 0) is 38.1 Å². The molecule has 0 aliphatic rings. The van der Waals surface area contributed by atoms with E-state index in [9.17, 15) is 18.0 Å². The molecule has 0 radical (unpaired) electrons. The van der Waals surface area contributed by atoms with E-state index in [-0.39, 0.29) is 15.3 Å². The van der Waals surface area contributed by atoms with Gasteiger partial charge >= 0.3 is 5.97 Å². The van der Waals surface area contributed by atoms with Crippen molar-refractivity contribution in [3.8, 4) is 0 Å². The fraction of sp³-hybridized carbons (Fsp3) is 0.278. The number of thiazole rings is 1. The molecule has 3 aromatic rings. The second kappa shape index (κ2) is 8.47. The maximum atomic E-state index is 12.6. The van der Waals surface area contributed by atoms with E-state index in [0.29, 0.717) is 4.83 Å². The number of nitrogens with one attached hydrogen (secondary N) is 1. The molecule has 11 heteroatoms. The third-order valence-electron chi connectivity index (χ3n) is 4.13. The Hall–Kier alpha value is -2.50. The molecule has 0 bridgehead atoms. The van der Waals surface area contributed by atoms with Gasteiger partial charge in [0.2, 0.25) is 0 Å². The number of nitrogens with zero attached hydrogens (tertiary/aromatic N) is 2. The number of aromatic nitrogens is 1. The summed E-state index contributed by atoms with van der Waals surface area (Å²) in [5.74, 6) is -1.41. The molecular weight excluding hydrogens is 434 g/mol. The molecule has 29 heavy (non-hydrogen) atoms. The van der Waals surface area contributed by atoms with Crippen molar-refractivity contribution in [2.24, 2.45) is 0 Å². The number of sulfonamides is 1. The molecule has 8 nitrogen and oxygen atoms in total. The van der Waals surface area contributed by atoms with Crippen LogP contribution in [0.25, 0.3) is 9.53 Å². The third kappa shape index (κ3) is 4.41. The Morgan fingerprint density at radius 1 is 1.17 bits per heavy atom. The van der Waals surface area contributed by atoms with Gasteiger partial charge in [0.05, 0.1) is 27.1 Å². The Kier molecular flexibility index (Phi) is 6.20. The van der Waals surface area contributed by atoms with Crippen molar-refractivity contribution >= 4 is 59.2 Å². The largest absolute Gasteiger partial charge is 0.465 e. The van der Waals surface area contributed by atoms with Crippen LogP contribution >= 0.6 is 22.7 Å². The SMILES string of the molecule is CCN(CC)c1nc2sc(C(=O)NS(=O)(=O)c3cccc(C(=O)OC)c3)cc2s1. The van der Waals surface area contributed by atoms with Crippen LogP contribution in [0.4, 0.5) is 5.13 Å². The van der Waals surface area contributed by atoms with E-state index in [0.717, 1.165) is 40.3 Å². The van der Waals surface area contributed by atoms with Crippen molar-refractivity contribution in [3.63, 3.8) is 0 Å². The lowest BCUT2D eigenvalue weighted by atomic mass is 10.2. The lowest BCUT2D eigenvalue weighted by molar-refractivity contribution is 0.0600. The summed E-state index contributed by atoms with van der Waals surface area (Å²) in [5.41, 5.74) is 0.0765. The van der Waals surface area contributed by atoms with E-state index >= 15 is 0 Å². The number of methoxy groups -OCH3 is 1. The highest BCUT2D eigenvalue weighted by Crippen LogP contribution is 2.34. The van der Waals surface area contributed by atoms with E-state index < -0.39 is 21.9 Å². The highest BCUT2D eigenvalue weighted by Gasteiger charge is 2.23. The molecule has 0 fully saturated rings. The number of amides is 1. The summed E-state index contributed by atoms with van der Waals surface area (Å²) in [5, 5.41) is 0.871. The van der Waals surface area contributed by atoms with Crippen LogP contribution in [0.15, 0.2) is 35.2 Å². The second-order valence-corrected chi connectivity index (χ2v) is 9.62. The van der Waals surface area contributed by atoms with Gasteiger partial charge in [0.1, 0.15) is 4.83 Å². The normalized spacial score (nSPS) is 11.4. The van der Waals surface area contributed by atoms with Crippen molar-refractivity contribution < 1.29 is 22.7 Å². The first-order valence-corrected chi connectivity index (χ1v) is 11.8.